The molecular weight excluding hydrogens is 307 g/mol. The molecule has 0 aromatic heterocycles. The molecule has 0 aliphatic carbocycles. The predicted octanol–water partition coefficient (Wildman–Crippen LogP) is 2.29. The molecule has 0 saturated heterocycles. The standard InChI is InChI=1S/C12H10BrFO4/c1-2-18-12(17)11(16)6-10(15)7-3-4-8(13)9(14)5-7/h3-5H,2,6H2,1H3. The fourth-order valence-corrected chi connectivity index (χ4v) is 1.45. The van der Waals surface area contributed by atoms with Gasteiger partial charge < -0.3 is 4.74 Å². The van der Waals surface area contributed by atoms with Crippen molar-refractivity contribution >= 4 is 33.5 Å². The third-order valence-corrected chi connectivity index (χ3v) is 2.71. The molecule has 1 aromatic rings. The normalized spacial score (nSPS) is 9.94. The number of hydrogen-bond donors (Lipinski definition) is 0. The summed E-state index contributed by atoms with van der Waals surface area (Å²) in [5.74, 6) is -3.22. The number of carbonyl (C=O) groups excluding carboxylic acids is 3. The molecule has 0 amide bonds. The molecule has 0 aliphatic rings. The molecule has 0 radical (unpaired) electrons. The van der Waals surface area contributed by atoms with Gasteiger partial charge in [-0.3, -0.25) is 9.59 Å². The topological polar surface area (TPSA) is 60.4 Å². The van der Waals surface area contributed by atoms with E-state index < -0.39 is 29.8 Å². The average Bonchev–Trinajstić information content (AvgIpc) is 2.32. The first-order valence-corrected chi connectivity index (χ1v) is 5.93. The first-order valence-electron chi connectivity index (χ1n) is 5.14. The summed E-state index contributed by atoms with van der Waals surface area (Å²) < 4.78 is 17.9. The van der Waals surface area contributed by atoms with Crippen molar-refractivity contribution in [3.8, 4) is 0 Å². The van der Waals surface area contributed by atoms with E-state index in [1.54, 1.807) is 6.92 Å². The number of halogens is 2. The smallest absolute Gasteiger partial charge is 0.375 e. The highest BCUT2D eigenvalue weighted by molar-refractivity contribution is 9.10. The zero-order valence-electron chi connectivity index (χ0n) is 9.54. The van der Waals surface area contributed by atoms with Gasteiger partial charge in [0.05, 0.1) is 17.5 Å². The largest absolute Gasteiger partial charge is 0.460 e. The van der Waals surface area contributed by atoms with Crippen LogP contribution in [0.2, 0.25) is 0 Å². The van der Waals surface area contributed by atoms with Gasteiger partial charge in [0.2, 0.25) is 5.78 Å². The van der Waals surface area contributed by atoms with Gasteiger partial charge in [-0.05, 0) is 35.0 Å². The number of Topliss-reactive ketones (excluding diaryl/α,β-unsaturated/α-hetero) is 2. The number of carbonyl (C=O) groups is 3. The minimum Gasteiger partial charge on any atom is -0.460 e. The van der Waals surface area contributed by atoms with Crippen molar-refractivity contribution < 1.29 is 23.5 Å². The van der Waals surface area contributed by atoms with E-state index in [1.807, 2.05) is 0 Å². The number of ketones is 2. The number of benzene rings is 1. The van der Waals surface area contributed by atoms with Crippen LogP contribution in [0, 0.1) is 5.82 Å². The average molecular weight is 317 g/mol. The quantitative estimate of drug-likeness (QED) is 0.362. The highest BCUT2D eigenvalue weighted by Crippen LogP contribution is 2.17. The Balaban J connectivity index is 2.73. The van der Waals surface area contributed by atoms with Gasteiger partial charge in [-0.25, -0.2) is 9.18 Å². The maximum Gasteiger partial charge on any atom is 0.375 e. The highest BCUT2D eigenvalue weighted by Gasteiger charge is 2.20. The van der Waals surface area contributed by atoms with Crippen LogP contribution in [0.1, 0.15) is 23.7 Å². The number of esters is 1. The summed E-state index contributed by atoms with van der Waals surface area (Å²) in [5.41, 5.74) is 0.0355. The molecule has 0 atom stereocenters. The molecular formula is C12H10BrFO4. The van der Waals surface area contributed by atoms with Gasteiger partial charge in [0.25, 0.3) is 0 Å². The lowest BCUT2D eigenvalue weighted by Crippen LogP contribution is -2.20. The minimum atomic E-state index is -1.05. The van der Waals surface area contributed by atoms with Crippen molar-refractivity contribution in [3.63, 3.8) is 0 Å². The van der Waals surface area contributed by atoms with Gasteiger partial charge >= 0.3 is 5.97 Å². The Labute approximate surface area is 111 Å². The van der Waals surface area contributed by atoms with E-state index in [2.05, 4.69) is 20.7 Å². The first-order chi connectivity index (χ1) is 8.45. The van der Waals surface area contributed by atoms with Crippen LogP contribution in [-0.4, -0.2) is 24.1 Å². The second kappa shape index (κ2) is 6.39. The number of rotatable bonds is 5. The summed E-state index contributed by atoms with van der Waals surface area (Å²) in [6.45, 7) is 1.61. The van der Waals surface area contributed by atoms with E-state index in [9.17, 15) is 18.8 Å². The van der Waals surface area contributed by atoms with E-state index in [1.165, 1.54) is 12.1 Å². The van der Waals surface area contributed by atoms with Gasteiger partial charge in [0.1, 0.15) is 5.82 Å². The molecule has 0 heterocycles. The lowest BCUT2D eigenvalue weighted by atomic mass is 10.1. The molecule has 18 heavy (non-hydrogen) atoms. The van der Waals surface area contributed by atoms with Gasteiger partial charge in [-0.2, -0.15) is 0 Å². The van der Waals surface area contributed by atoms with Crippen LogP contribution in [0.4, 0.5) is 4.39 Å². The Morgan fingerprint density at radius 1 is 1.33 bits per heavy atom. The Morgan fingerprint density at radius 2 is 2.00 bits per heavy atom. The third-order valence-electron chi connectivity index (χ3n) is 2.07. The zero-order chi connectivity index (χ0) is 13.7. The molecule has 0 bridgehead atoms. The van der Waals surface area contributed by atoms with E-state index in [4.69, 9.17) is 0 Å². The van der Waals surface area contributed by atoms with Crippen LogP contribution >= 0.6 is 15.9 Å². The summed E-state index contributed by atoms with van der Waals surface area (Å²) in [4.78, 5) is 33.9. The van der Waals surface area contributed by atoms with Crippen molar-refractivity contribution in [2.45, 2.75) is 13.3 Å². The summed E-state index contributed by atoms with van der Waals surface area (Å²) in [6, 6.07) is 3.73. The highest BCUT2D eigenvalue weighted by atomic mass is 79.9. The van der Waals surface area contributed by atoms with Crippen LogP contribution in [0.15, 0.2) is 22.7 Å². The van der Waals surface area contributed by atoms with Crippen LogP contribution in [0.25, 0.3) is 0 Å². The second-order valence-electron chi connectivity index (χ2n) is 3.37. The third kappa shape index (κ3) is 3.73. The van der Waals surface area contributed by atoms with Crippen molar-refractivity contribution in [3.05, 3.63) is 34.1 Å². The van der Waals surface area contributed by atoms with Crippen LogP contribution in [-0.2, 0) is 14.3 Å². The minimum absolute atomic E-state index is 0.0355. The first kappa shape index (κ1) is 14.5. The van der Waals surface area contributed by atoms with Crippen LogP contribution in [0.5, 0.6) is 0 Å². The van der Waals surface area contributed by atoms with Crippen molar-refractivity contribution in [1.29, 1.82) is 0 Å². The van der Waals surface area contributed by atoms with E-state index >= 15 is 0 Å². The second-order valence-corrected chi connectivity index (χ2v) is 4.23. The van der Waals surface area contributed by atoms with Crippen molar-refractivity contribution in [2.75, 3.05) is 6.61 Å². The number of hydrogen-bond acceptors (Lipinski definition) is 4. The van der Waals surface area contributed by atoms with E-state index in [-0.39, 0.29) is 16.6 Å². The maximum atomic E-state index is 13.2. The molecule has 0 fully saturated rings. The Morgan fingerprint density at radius 3 is 2.56 bits per heavy atom. The monoisotopic (exact) mass is 316 g/mol. The summed E-state index contributed by atoms with van der Waals surface area (Å²) in [6.07, 6.45) is -0.625. The molecule has 4 nitrogen and oxygen atoms in total. The van der Waals surface area contributed by atoms with Gasteiger partial charge in [0, 0.05) is 5.56 Å². The zero-order valence-corrected chi connectivity index (χ0v) is 11.1. The summed E-state index contributed by atoms with van der Waals surface area (Å²) in [5, 5.41) is 0. The molecule has 1 rings (SSSR count). The van der Waals surface area contributed by atoms with Crippen molar-refractivity contribution in [1.82, 2.24) is 0 Å². The van der Waals surface area contributed by atoms with Crippen LogP contribution < -0.4 is 0 Å². The Hall–Kier alpha value is -1.56. The molecule has 1 aromatic carbocycles. The lowest BCUT2D eigenvalue weighted by molar-refractivity contribution is -0.153. The summed E-state index contributed by atoms with van der Waals surface area (Å²) >= 11 is 2.95. The Kier molecular flexibility index (Phi) is 5.15. The van der Waals surface area contributed by atoms with E-state index in [0.29, 0.717) is 0 Å². The molecule has 0 aliphatic heterocycles. The molecule has 0 saturated carbocycles. The summed E-state index contributed by atoms with van der Waals surface area (Å²) in [7, 11) is 0. The van der Waals surface area contributed by atoms with Crippen LogP contribution in [0.3, 0.4) is 0 Å². The number of ether oxygens (including phenoxy) is 1. The fraction of sp³-hybridized carbons (Fsp3) is 0.250. The Bertz CT molecular complexity index is 499. The van der Waals surface area contributed by atoms with Crippen molar-refractivity contribution in [2.24, 2.45) is 0 Å². The molecule has 6 heteroatoms. The lowest BCUT2D eigenvalue weighted by Gasteiger charge is -2.02. The van der Waals surface area contributed by atoms with E-state index in [0.717, 1.165) is 6.07 Å². The molecule has 0 N–H and O–H groups in total. The van der Waals surface area contributed by atoms with Gasteiger partial charge in [-0.1, -0.05) is 6.07 Å². The molecule has 0 spiro atoms. The predicted molar refractivity (Wildman–Crippen MR) is 64.7 cm³/mol. The van der Waals surface area contributed by atoms with Gasteiger partial charge in [0.15, 0.2) is 5.78 Å². The van der Waals surface area contributed by atoms with Gasteiger partial charge in [-0.15, -0.1) is 0 Å². The maximum absolute atomic E-state index is 13.2. The molecule has 96 valence electrons. The molecule has 0 unspecified atom stereocenters. The SMILES string of the molecule is CCOC(=O)C(=O)CC(=O)c1ccc(Br)c(F)c1. The fourth-order valence-electron chi connectivity index (χ4n) is 1.20.